The van der Waals surface area contributed by atoms with Crippen LogP contribution in [0.2, 0.25) is 0 Å². The summed E-state index contributed by atoms with van der Waals surface area (Å²) in [4.78, 5) is 0. The van der Waals surface area contributed by atoms with Gasteiger partial charge in [0.05, 0.1) is 6.61 Å². The molecular formula is C15H25NO. The molecule has 0 spiro atoms. The molecule has 0 saturated carbocycles. The first-order chi connectivity index (χ1) is 8.24. The molecule has 0 aliphatic rings. The Bertz CT molecular complexity index is 292. The topological polar surface area (TPSA) is 21.3 Å². The lowest BCUT2D eigenvalue weighted by Gasteiger charge is -2.09. The van der Waals surface area contributed by atoms with E-state index in [0.717, 1.165) is 26.2 Å². The van der Waals surface area contributed by atoms with Crippen LogP contribution in [0.5, 0.6) is 0 Å². The lowest BCUT2D eigenvalue weighted by atomic mass is 10.0. The maximum atomic E-state index is 5.50. The van der Waals surface area contributed by atoms with Crippen molar-refractivity contribution in [1.82, 2.24) is 0 Å². The third-order valence-corrected chi connectivity index (χ3v) is 2.80. The first-order valence-electron chi connectivity index (χ1n) is 6.65. The number of ether oxygens (including phenoxy) is 1. The van der Waals surface area contributed by atoms with Gasteiger partial charge in [-0.15, -0.1) is 0 Å². The van der Waals surface area contributed by atoms with Gasteiger partial charge in [-0.2, -0.15) is 0 Å². The molecule has 1 aromatic carbocycles. The van der Waals surface area contributed by atoms with E-state index in [2.05, 4.69) is 50.4 Å². The molecule has 0 atom stereocenters. The number of anilines is 1. The second-order valence-corrected chi connectivity index (χ2v) is 4.67. The number of unbranched alkanes of at least 4 members (excludes halogenated alkanes) is 1. The minimum atomic E-state index is 0.599. The molecule has 0 unspecified atom stereocenters. The fourth-order valence-corrected chi connectivity index (χ4v) is 1.60. The summed E-state index contributed by atoms with van der Waals surface area (Å²) in [6.45, 7) is 9.15. The van der Waals surface area contributed by atoms with E-state index in [1.165, 1.54) is 17.7 Å². The van der Waals surface area contributed by atoms with Crippen molar-refractivity contribution < 1.29 is 4.74 Å². The van der Waals surface area contributed by atoms with Gasteiger partial charge in [-0.3, -0.25) is 0 Å². The zero-order valence-corrected chi connectivity index (χ0v) is 11.3. The Labute approximate surface area is 105 Å². The Balaban J connectivity index is 2.19. The number of hydrogen-bond donors (Lipinski definition) is 1. The number of benzene rings is 1. The van der Waals surface area contributed by atoms with Crippen LogP contribution in [0.15, 0.2) is 24.3 Å². The van der Waals surface area contributed by atoms with Crippen LogP contribution in [0.3, 0.4) is 0 Å². The van der Waals surface area contributed by atoms with E-state index in [0.29, 0.717) is 5.92 Å². The Morgan fingerprint density at radius 3 is 2.41 bits per heavy atom. The summed E-state index contributed by atoms with van der Waals surface area (Å²) in [7, 11) is 0. The fraction of sp³-hybridized carbons (Fsp3) is 0.600. The van der Waals surface area contributed by atoms with Crippen molar-refractivity contribution in [2.75, 3.05) is 25.1 Å². The molecule has 0 aromatic heterocycles. The van der Waals surface area contributed by atoms with E-state index >= 15 is 0 Å². The zero-order chi connectivity index (χ0) is 12.5. The highest BCUT2D eigenvalue weighted by atomic mass is 16.5. The van der Waals surface area contributed by atoms with Crippen LogP contribution >= 0.6 is 0 Å². The molecule has 1 N–H and O–H groups in total. The second-order valence-electron chi connectivity index (χ2n) is 4.67. The van der Waals surface area contributed by atoms with Crippen molar-refractivity contribution in [1.29, 1.82) is 0 Å². The SMILES string of the molecule is CCCCOCCNc1ccc(C(C)C)cc1. The van der Waals surface area contributed by atoms with E-state index in [9.17, 15) is 0 Å². The summed E-state index contributed by atoms with van der Waals surface area (Å²) < 4.78 is 5.50. The molecule has 2 nitrogen and oxygen atoms in total. The van der Waals surface area contributed by atoms with Crippen LogP contribution in [-0.2, 0) is 4.74 Å². The van der Waals surface area contributed by atoms with Gasteiger partial charge in [-0.1, -0.05) is 39.3 Å². The summed E-state index contributed by atoms with van der Waals surface area (Å²) in [5.41, 5.74) is 2.56. The standard InChI is InChI=1S/C15H25NO/c1-4-5-11-17-12-10-16-15-8-6-14(7-9-15)13(2)3/h6-9,13,16H,4-5,10-12H2,1-3H3. The molecule has 1 rings (SSSR count). The zero-order valence-electron chi connectivity index (χ0n) is 11.3. The fourth-order valence-electron chi connectivity index (χ4n) is 1.60. The van der Waals surface area contributed by atoms with Gasteiger partial charge in [-0.05, 0) is 30.0 Å². The minimum Gasteiger partial charge on any atom is -0.383 e. The lowest BCUT2D eigenvalue weighted by Crippen LogP contribution is -2.09. The van der Waals surface area contributed by atoms with E-state index in [-0.39, 0.29) is 0 Å². The Morgan fingerprint density at radius 2 is 1.82 bits per heavy atom. The van der Waals surface area contributed by atoms with Crippen molar-refractivity contribution in [3.8, 4) is 0 Å². The molecule has 0 heterocycles. The monoisotopic (exact) mass is 235 g/mol. The van der Waals surface area contributed by atoms with Gasteiger partial charge in [-0.25, -0.2) is 0 Å². The van der Waals surface area contributed by atoms with Gasteiger partial charge in [0.15, 0.2) is 0 Å². The highest BCUT2D eigenvalue weighted by molar-refractivity contribution is 5.45. The van der Waals surface area contributed by atoms with Crippen molar-refractivity contribution >= 4 is 5.69 Å². The van der Waals surface area contributed by atoms with Gasteiger partial charge < -0.3 is 10.1 Å². The molecule has 2 heteroatoms. The van der Waals surface area contributed by atoms with Gasteiger partial charge in [0.25, 0.3) is 0 Å². The minimum absolute atomic E-state index is 0.599. The highest BCUT2D eigenvalue weighted by Gasteiger charge is 1.98. The largest absolute Gasteiger partial charge is 0.383 e. The number of rotatable bonds is 8. The predicted octanol–water partition coefficient (Wildman–Crippen LogP) is 4.04. The third kappa shape index (κ3) is 5.73. The molecule has 96 valence electrons. The second kappa shape index (κ2) is 8.13. The molecule has 17 heavy (non-hydrogen) atoms. The normalized spacial score (nSPS) is 10.8. The number of hydrogen-bond acceptors (Lipinski definition) is 2. The van der Waals surface area contributed by atoms with E-state index in [4.69, 9.17) is 4.74 Å². The van der Waals surface area contributed by atoms with Gasteiger partial charge in [0.1, 0.15) is 0 Å². The van der Waals surface area contributed by atoms with Gasteiger partial charge >= 0.3 is 0 Å². The molecule has 0 aliphatic carbocycles. The predicted molar refractivity (Wildman–Crippen MR) is 74.7 cm³/mol. The smallest absolute Gasteiger partial charge is 0.0639 e. The van der Waals surface area contributed by atoms with Crippen LogP contribution in [-0.4, -0.2) is 19.8 Å². The summed E-state index contributed by atoms with van der Waals surface area (Å²) in [5, 5.41) is 3.36. The Kier molecular flexibility index (Phi) is 6.71. The van der Waals surface area contributed by atoms with Crippen LogP contribution in [0.4, 0.5) is 5.69 Å². The third-order valence-electron chi connectivity index (χ3n) is 2.80. The Morgan fingerprint density at radius 1 is 1.12 bits per heavy atom. The highest BCUT2D eigenvalue weighted by Crippen LogP contribution is 2.16. The van der Waals surface area contributed by atoms with Gasteiger partial charge in [0, 0.05) is 18.8 Å². The molecule has 0 bridgehead atoms. The van der Waals surface area contributed by atoms with Crippen molar-refractivity contribution in [3.05, 3.63) is 29.8 Å². The van der Waals surface area contributed by atoms with Crippen LogP contribution < -0.4 is 5.32 Å². The molecule has 0 fully saturated rings. The molecule has 0 radical (unpaired) electrons. The maximum absolute atomic E-state index is 5.50. The van der Waals surface area contributed by atoms with E-state index < -0.39 is 0 Å². The van der Waals surface area contributed by atoms with Crippen molar-refractivity contribution in [2.45, 2.75) is 39.5 Å². The van der Waals surface area contributed by atoms with Crippen LogP contribution in [0, 0.1) is 0 Å². The molecule has 0 saturated heterocycles. The van der Waals surface area contributed by atoms with Gasteiger partial charge in [0.2, 0.25) is 0 Å². The van der Waals surface area contributed by atoms with Crippen molar-refractivity contribution in [3.63, 3.8) is 0 Å². The first-order valence-corrected chi connectivity index (χ1v) is 6.65. The van der Waals surface area contributed by atoms with E-state index in [1.807, 2.05) is 0 Å². The summed E-state index contributed by atoms with van der Waals surface area (Å²) in [6.07, 6.45) is 2.35. The average Bonchev–Trinajstić information content (AvgIpc) is 2.34. The lowest BCUT2D eigenvalue weighted by molar-refractivity contribution is 0.141. The van der Waals surface area contributed by atoms with Crippen LogP contribution in [0.25, 0.3) is 0 Å². The summed E-state index contributed by atoms with van der Waals surface area (Å²) >= 11 is 0. The first kappa shape index (κ1) is 14.0. The Hall–Kier alpha value is -1.02. The van der Waals surface area contributed by atoms with E-state index in [1.54, 1.807) is 0 Å². The molecule has 0 aliphatic heterocycles. The summed E-state index contributed by atoms with van der Waals surface area (Å²) in [5.74, 6) is 0.599. The maximum Gasteiger partial charge on any atom is 0.0639 e. The molecule has 1 aromatic rings. The van der Waals surface area contributed by atoms with Crippen molar-refractivity contribution in [2.24, 2.45) is 0 Å². The molecular weight excluding hydrogens is 210 g/mol. The van der Waals surface area contributed by atoms with Crippen LogP contribution in [0.1, 0.15) is 45.1 Å². The quantitative estimate of drug-likeness (QED) is 0.687. The molecule has 0 amide bonds. The summed E-state index contributed by atoms with van der Waals surface area (Å²) in [6, 6.07) is 8.65. The number of nitrogens with one attached hydrogen (secondary N) is 1. The average molecular weight is 235 g/mol.